The van der Waals surface area contributed by atoms with Crippen molar-refractivity contribution in [1.29, 1.82) is 0 Å². The van der Waals surface area contributed by atoms with Crippen molar-refractivity contribution in [3.05, 3.63) is 49.0 Å². The number of hydrogen-bond donors (Lipinski definition) is 2. The summed E-state index contributed by atoms with van der Waals surface area (Å²) < 4.78 is 2.81. The molecule has 0 fully saturated rings. The van der Waals surface area contributed by atoms with Gasteiger partial charge in [-0.05, 0) is 26.0 Å². The zero-order valence-corrected chi connectivity index (χ0v) is 11.4. The van der Waals surface area contributed by atoms with E-state index in [2.05, 4.69) is 15.9 Å². The molecular formula is C13H16N4O2. The summed E-state index contributed by atoms with van der Waals surface area (Å²) in [5.74, 6) is 0. The number of aryl methyl sites for hydroxylation is 4. The first kappa shape index (κ1) is 13.0. The maximum atomic E-state index is 11.7. The van der Waals surface area contributed by atoms with Crippen molar-refractivity contribution in [1.82, 2.24) is 19.6 Å². The Balaban J connectivity index is 2.45. The number of aromatic nitrogens is 4. The minimum absolute atomic E-state index is 0.114. The molecule has 0 bridgehead atoms. The highest BCUT2D eigenvalue weighted by Crippen LogP contribution is 2.03. The lowest BCUT2D eigenvalue weighted by atomic mass is 10.2. The molecule has 0 saturated carbocycles. The van der Waals surface area contributed by atoms with Crippen LogP contribution in [0.1, 0.15) is 22.5 Å². The first-order valence-electron chi connectivity index (χ1n) is 5.85. The maximum absolute atomic E-state index is 11.7. The summed E-state index contributed by atoms with van der Waals surface area (Å²) in [6.07, 6.45) is 3.17. The summed E-state index contributed by atoms with van der Waals surface area (Å²) in [5.41, 5.74) is 5.29. The molecule has 0 aliphatic rings. The van der Waals surface area contributed by atoms with Crippen molar-refractivity contribution in [2.45, 2.75) is 13.8 Å². The Morgan fingerprint density at radius 1 is 0.895 bits per heavy atom. The molecule has 0 atom stereocenters. The van der Waals surface area contributed by atoms with Gasteiger partial charge in [-0.2, -0.15) is 0 Å². The van der Waals surface area contributed by atoms with Crippen LogP contribution in [0.2, 0.25) is 0 Å². The average Bonchev–Trinajstić information content (AvgIpc) is 2.72. The summed E-state index contributed by atoms with van der Waals surface area (Å²) in [6.45, 7) is 3.63. The van der Waals surface area contributed by atoms with E-state index in [1.807, 2.05) is 13.8 Å². The lowest BCUT2D eigenvalue weighted by Gasteiger charge is -1.84. The Morgan fingerprint density at radius 2 is 1.26 bits per heavy atom. The van der Waals surface area contributed by atoms with Gasteiger partial charge in [0.05, 0.1) is 11.1 Å². The van der Waals surface area contributed by atoms with Gasteiger partial charge in [0.25, 0.3) is 11.1 Å². The number of nitrogens with zero attached hydrogens (tertiary/aromatic N) is 2. The monoisotopic (exact) mass is 260 g/mol. The van der Waals surface area contributed by atoms with Gasteiger partial charge in [-0.3, -0.25) is 29.2 Å². The quantitative estimate of drug-likeness (QED) is 0.779. The number of H-pyrrole nitrogens is 2. The van der Waals surface area contributed by atoms with E-state index in [1.54, 1.807) is 26.2 Å². The van der Waals surface area contributed by atoms with Gasteiger partial charge >= 0.3 is 0 Å². The molecule has 2 aromatic rings. The van der Waals surface area contributed by atoms with Crippen LogP contribution in [0.5, 0.6) is 0 Å². The van der Waals surface area contributed by atoms with Crippen LogP contribution in [0.4, 0.5) is 0 Å². The fraction of sp³-hybridized carbons (Fsp3) is 0.308. The van der Waals surface area contributed by atoms with Crippen LogP contribution in [-0.2, 0) is 14.1 Å². The van der Waals surface area contributed by atoms with E-state index in [9.17, 15) is 9.59 Å². The fourth-order valence-corrected chi connectivity index (χ4v) is 1.96. The summed E-state index contributed by atoms with van der Waals surface area (Å²) >= 11 is 0. The summed E-state index contributed by atoms with van der Waals surface area (Å²) in [6, 6.07) is 0. The SMILES string of the molecule is Cc1[nH]n(C)c(=O)c1C=C=Cc1c(C)[nH]n(C)c1=O. The second-order valence-corrected chi connectivity index (χ2v) is 4.48. The molecule has 0 spiro atoms. The van der Waals surface area contributed by atoms with Gasteiger partial charge in [0.1, 0.15) is 0 Å². The van der Waals surface area contributed by atoms with E-state index in [4.69, 9.17) is 0 Å². The van der Waals surface area contributed by atoms with Crippen LogP contribution in [0, 0.1) is 13.8 Å². The van der Waals surface area contributed by atoms with Crippen LogP contribution in [0.25, 0.3) is 12.2 Å². The smallest absolute Gasteiger partial charge is 0.274 e. The predicted molar refractivity (Wildman–Crippen MR) is 74.0 cm³/mol. The Hall–Kier alpha value is -2.46. The highest BCUT2D eigenvalue weighted by Gasteiger charge is 2.06. The maximum Gasteiger partial charge on any atom is 0.274 e. The highest BCUT2D eigenvalue weighted by molar-refractivity contribution is 5.58. The second kappa shape index (κ2) is 4.66. The number of nitrogens with one attached hydrogen (secondary N) is 2. The average molecular weight is 260 g/mol. The number of hydrogen-bond acceptors (Lipinski definition) is 2. The molecule has 100 valence electrons. The molecule has 0 amide bonds. The zero-order chi connectivity index (χ0) is 14.2. The van der Waals surface area contributed by atoms with Gasteiger partial charge < -0.3 is 0 Å². The molecule has 19 heavy (non-hydrogen) atoms. The first-order chi connectivity index (χ1) is 8.91. The van der Waals surface area contributed by atoms with Gasteiger partial charge in [-0.25, -0.2) is 0 Å². The van der Waals surface area contributed by atoms with Crippen molar-refractivity contribution < 1.29 is 0 Å². The largest absolute Gasteiger partial charge is 0.300 e. The predicted octanol–water partition coefficient (Wildman–Crippen LogP) is 0.683. The molecule has 6 heteroatoms. The minimum Gasteiger partial charge on any atom is -0.300 e. The third kappa shape index (κ3) is 2.26. The van der Waals surface area contributed by atoms with E-state index in [0.717, 1.165) is 11.4 Å². The molecule has 2 aromatic heterocycles. The molecule has 0 aliphatic heterocycles. The van der Waals surface area contributed by atoms with Crippen LogP contribution in [0.15, 0.2) is 15.3 Å². The normalized spacial score (nSPS) is 10.3. The molecule has 6 nitrogen and oxygen atoms in total. The van der Waals surface area contributed by atoms with Crippen molar-refractivity contribution in [3.63, 3.8) is 0 Å². The van der Waals surface area contributed by atoms with Crippen molar-refractivity contribution in [3.8, 4) is 0 Å². The Morgan fingerprint density at radius 3 is 1.53 bits per heavy atom. The van der Waals surface area contributed by atoms with Gasteiger partial charge in [0.15, 0.2) is 0 Å². The molecule has 0 aromatic carbocycles. The standard InChI is InChI=1S/C13H16N4O2/c1-8-10(12(18)16(3)14-8)6-5-7-11-9(2)15-17(4)13(11)19/h6-7,14-15H,1-4H3. The molecule has 0 unspecified atom stereocenters. The van der Waals surface area contributed by atoms with E-state index in [0.29, 0.717) is 11.1 Å². The van der Waals surface area contributed by atoms with E-state index in [-0.39, 0.29) is 11.1 Å². The number of rotatable bonds is 2. The van der Waals surface area contributed by atoms with Gasteiger partial charge in [0, 0.05) is 25.5 Å². The molecule has 2 rings (SSSR count). The van der Waals surface area contributed by atoms with Gasteiger partial charge in [-0.1, -0.05) is 0 Å². The lowest BCUT2D eigenvalue weighted by Crippen LogP contribution is -2.13. The van der Waals surface area contributed by atoms with Crippen molar-refractivity contribution in [2.24, 2.45) is 14.1 Å². The summed E-state index contributed by atoms with van der Waals surface area (Å²) in [4.78, 5) is 23.5. The van der Waals surface area contributed by atoms with Crippen LogP contribution in [0.3, 0.4) is 0 Å². The fourth-order valence-electron chi connectivity index (χ4n) is 1.96. The van der Waals surface area contributed by atoms with Crippen molar-refractivity contribution in [2.75, 3.05) is 0 Å². The van der Waals surface area contributed by atoms with E-state index < -0.39 is 0 Å². The molecule has 0 aliphatic carbocycles. The third-order valence-electron chi connectivity index (χ3n) is 3.00. The van der Waals surface area contributed by atoms with Crippen LogP contribution in [-0.4, -0.2) is 19.6 Å². The summed E-state index contributed by atoms with van der Waals surface area (Å²) in [7, 11) is 3.31. The van der Waals surface area contributed by atoms with E-state index >= 15 is 0 Å². The lowest BCUT2D eigenvalue weighted by molar-refractivity contribution is 0.730. The molecule has 0 saturated heterocycles. The Bertz CT molecular complexity index is 727. The van der Waals surface area contributed by atoms with Gasteiger partial charge in [0.2, 0.25) is 0 Å². The topological polar surface area (TPSA) is 75.6 Å². The Labute approximate surface area is 109 Å². The van der Waals surface area contributed by atoms with Crippen molar-refractivity contribution >= 4 is 12.2 Å². The first-order valence-corrected chi connectivity index (χ1v) is 5.85. The van der Waals surface area contributed by atoms with Crippen LogP contribution >= 0.6 is 0 Å². The van der Waals surface area contributed by atoms with E-state index in [1.165, 1.54) is 9.36 Å². The zero-order valence-electron chi connectivity index (χ0n) is 11.4. The third-order valence-corrected chi connectivity index (χ3v) is 3.00. The molecule has 2 heterocycles. The molecule has 2 N–H and O–H groups in total. The molecular weight excluding hydrogens is 244 g/mol. The summed E-state index contributed by atoms with van der Waals surface area (Å²) in [5, 5.41) is 5.80. The highest BCUT2D eigenvalue weighted by atomic mass is 16.1. The second-order valence-electron chi connectivity index (χ2n) is 4.48. The molecule has 0 radical (unpaired) electrons. The number of aromatic amines is 2. The Kier molecular flexibility index (Phi) is 3.19. The minimum atomic E-state index is -0.114. The van der Waals surface area contributed by atoms with Crippen LogP contribution < -0.4 is 11.1 Å². The van der Waals surface area contributed by atoms with Gasteiger partial charge in [-0.15, -0.1) is 5.73 Å².